The Kier molecular flexibility index (Phi) is 2.07. The van der Waals surface area contributed by atoms with Crippen LogP contribution in [-0.4, -0.2) is 19.7 Å². The van der Waals surface area contributed by atoms with Gasteiger partial charge < -0.3 is 4.98 Å². The molecule has 0 saturated heterocycles. The van der Waals surface area contributed by atoms with E-state index in [1.165, 1.54) is 6.33 Å². The highest BCUT2D eigenvalue weighted by atomic mass is 16.1. The minimum atomic E-state index is -0.131. The maximum absolute atomic E-state index is 11.5. The Balaban J connectivity index is 2.61. The van der Waals surface area contributed by atoms with Crippen molar-refractivity contribution >= 4 is 11.0 Å². The molecule has 14 heavy (non-hydrogen) atoms. The van der Waals surface area contributed by atoms with E-state index in [-0.39, 0.29) is 5.56 Å². The number of H-pyrrole nitrogens is 1. The molecule has 2 rings (SSSR count). The number of hydrogen-bond donors (Lipinski definition) is 1. The minimum Gasteiger partial charge on any atom is -0.311 e. The molecule has 74 valence electrons. The molecule has 0 aliphatic rings. The Morgan fingerprint density at radius 3 is 3.07 bits per heavy atom. The first-order valence-electron chi connectivity index (χ1n) is 4.57. The SMILES string of the molecule is CC(C)Cn1ncc2nc[nH]c(=O)c21. The Morgan fingerprint density at radius 1 is 1.57 bits per heavy atom. The molecule has 0 spiro atoms. The van der Waals surface area contributed by atoms with Crippen LogP contribution in [0.1, 0.15) is 13.8 Å². The fourth-order valence-electron chi connectivity index (χ4n) is 1.42. The average Bonchev–Trinajstić information content (AvgIpc) is 2.49. The van der Waals surface area contributed by atoms with E-state index in [0.29, 0.717) is 17.0 Å². The summed E-state index contributed by atoms with van der Waals surface area (Å²) in [6.45, 7) is 4.90. The van der Waals surface area contributed by atoms with Crippen LogP contribution in [0.2, 0.25) is 0 Å². The lowest BCUT2D eigenvalue weighted by Gasteiger charge is -2.04. The molecule has 2 heterocycles. The van der Waals surface area contributed by atoms with Gasteiger partial charge in [-0.1, -0.05) is 13.8 Å². The van der Waals surface area contributed by atoms with Gasteiger partial charge in [0.05, 0.1) is 12.5 Å². The van der Waals surface area contributed by atoms with Crippen LogP contribution in [0.5, 0.6) is 0 Å². The third kappa shape index (κ3) is 1.41. The number of hydrogen-bond acceptors (Lipinski definition) is 3. The molecule has 0 unspecified atom stereocenters. The van der Waals surface area contributed by atoms with Gasteiger partial charge in [-0.15, -0.1) is 0 Å². The Hall–Kier alpha value is -1.65. The molecular formula is C9H12N4O. The number of fused-ring (bicyclic) bond motifs is 1. The van der Waals surface area contributed by atoms with Crippen LogP contribution in [0.15, 0.2) is 17.3 Å². The third-order valence-electron chi connectivity index (χ3n) is 1.97. The van der Waals surface area contributed by atoms with Crippen LogP contribution < -0.4 is 5.56 Å². The van der Waals surface area contributed by atoms with Crippen molar-refractivity contribution in [3.63, 3.8) is 0 Å². The maximum Gasteiger partial charge on any atom is 0.276 e. The van der Waals surface area contributed by atoms with Crippen LogP contribution >= 0.6 is 0 Å². The molecule has 0 amide bonds. The van der Waals surface area contributed by atoms with Crippen molar-refractivity contribution in [3.05, 3.63) is 22.9 Å². The van der Waals surface area contributed by atoms with Gasteiger partial charge in [-0.2, -0.15) is 5.10 Å². The second kappa shape index (κ2) is 3.25. The average molecular weight is 192 g/mol. The number of aromatic nitrogens is 4. The van der Waals surface area contributed by atoms with Crippen LogP contribution in [0.25, 0.3) is 11.0 Å². The first-order valence-corrected chi connectivity index (χ1v) is 4.57. The number of nitrogens with zero attached hydrogens (tertiary/aromatic N) is 3. The van der Waals surface area contributed by atoms with Crippen LogP contribution in [0, 0.1) is 5.92 Å². The van der Waals surface area contributed by atoms with E-state index in [4.69, 9.17) is 0 Å². The fraction of sp³-hybridized carbons (Fsp3) is 0.444. The molecule has 1 N–H and O–H groups in total. The highest BCUT2D eigenvalue weighted by Gasteiger charge is 2.08. The summed E-state index contributed by atoms with van der Waals surface area (Å²) in [6.07, 6.45) is 3.01. The molecule has 0 saturated carbocycles. The van der Waals surface area contributed by atoms with Gasteiger partial charge in [0, 0.05) is 6.54 Å². The normalized spacial score (nSPS) is 11.4. The van der Waals surface area contributed by atoms with E-state index in [0.717, 1.165) is 6.54 Å². The van der Waals surface area contributed by atoms with Crippen LogP contribution in [0.3, 0.4) is 0 Å². The maximum atomic E-state index is 11.5. The van der Waals surface area contributed by atoms with Crippen molar-refractivity contribution < 1.29 is 0 Å². The molecule has 0 aliphatic heterocycles. The molecule has 0 bridgehead atoms. The molecule has 2 aromatic heterocycles. The fourth-order valence-corrected chi connectivity index (χ4v) is 1.42. The van der Waals surface area contributed by atoms with Crippen LogP contribution in [0.4, 0.5) is 0 Å². The van der Waals surface area contributed by atoms with Crippen molar-refractivity contribution in [2.75, 3.05) is 0 Å². The predicted octanol–water partition coefficient (Wildman–Crippen LogP) is 0.776. The highest BCUT2D eigenvalue weighted by molar-refractivity contribution is 5.72. The summed E-state index contributed by atoms with van der Waals surface area (Å²) >= 11 is 0. The van der Waals surface area contributed by atoms with Crippen LogP contribution in [-0.2, 0) is 6.54 Å². The highest BCUT2D eigenvalue weighted by Crippen LogP contribution is 2.06. The third-order valence-corrected chi connectivity index (χ3v) is 1.97. The van der Waals surface area contributed by atoms with E-state index >= 15 is 0 Å². The molecule has 0 aliphatic carbocycles. The Bertz CT molecular complexity index is 497. The lowest BCUT2D eigenvalue weighted by molar-refractivity contribution is 0.494. The lowest BCUT2D eigenvalue weighted by Crippen LogP contribution is -2.14. The van der Waals surface area contributed by atoms with Gasteiger partial charge in [-0.05, 0) is 5.92 Å². The summed E-state index contributed by atoms with van der Waals surface area (Å²) in [5.74, 6) is 0.456. The van der Waals surface area contributed by atoms with Gasteiger partial charge >= 0.3 is 0 Å². The first-order chi connectivity index (χ1) is 6.68. The summed E-state index contributed by atoms with van der Waals surface area (Å²) in [5.41, 5.74) is 1.07. The van der Waals surface area contributed by atoms with E-state index in [1.54, 1.807) is 10.9 Å². The number of aromatic amines is 1. The van der Waals surface area contributed by atoms with E-state index in [1.807, 2.05) is 0 Å². The van der Waals surface area contributed by atoms with Crippen molar-refractivity contribution in [2.45, 2.75) is 20.4 Å². The molecule has 0 atom stereocenters. The second-order valence-electron chi connectivity index (χ2n) is 3.69. The molecule has 0 aromatic carbocycles. The summed E-state index contributed by atoms with van der Waals surface area (Å²) in [7, 11) is 0. The van der Waals surface area contributed by atoms with Crippen molar-refractivity contribution in [1.82, 2.24) is 19.7 Å². The molecule has 0 radical (unpaired) electrons. The smallest absolute Gasteiger partial charge is 0.276 e. The second-order valence-corrected chi connectivity index (χ2v) is 3.69. The summed E-state index contributed by atoms with van der Waals surface area (Å²) < 4.78 is 1.70. The lowest BCUT2D eigenvalue weighted by atomic mass is 10.2. The topological polar surface area (TPSA) is 63.6 Å². The van der Waals surface area contributed by atoms with E-state index in [2.05, 4.69) is 28.9 Å². The van der Waals surface area contributed by atoms with E-state index < -0.39 is 0 Å². The largest absolute Gasteiger partial charge is 0.311 e. The van der Waals surface area contributed by atoms with Gasteiger partial charge in [-0.3, -0.25) is 9.48 Å². The monoisotopic (exact) mass is 192 g/mol. The quantitative estimate of drug-likeness (QED) is 0.764. The molecular weight excluding hydrogens is 180 g/mol. The molecule has 0 fully saturated rings. The standard InChI is InChI=1S/C9H12N4O/c1-6(2)4-13-8-7(3-12-13)10-5-11-9(8)14/h3,5-6H,4H2,1-2H3,(H,10,11,14). The van der Waals surface area contributed by atoms with Gasteiger partial charge in [0.15, 0.2) is 5.52 Å². The zero-order valence-electron chi connectivity index (χ0n) is 8.19. The zero-order chi connectivity index (χ0) is 10.1. The summed E-state index contributed by atoms with van der Waals surface area (Å²) in [6, 6.07) is 0. The van der Waals surface area contributed by atoms with Gasteiger partial charge in [-0.25, -0.2) is 4.98 Å². The predicted molar refractivity (Wildman–Crippen MR) is 53.0 cm³/mol. The minimum absolute atomic E-state index is 0.131. The zero-order valence-corrected chi connectivity index (χ0v) is 8.19. The Morgan fingerprint density at radius 2 is 2.36 bits per heavy atom. The van der Waals surface area contributed by atoms with Crippen molar-refractivity contribution in [2.24, 2.45) is 5.92 Å². The summed E-state index contributed by atoms with van der Waals surface area (Å²) in [5, 5.41) is 4.13. The summed E-state index contributed by atoms with van der Waals surface area (Å²) in [4.78, 5) is 18.1. The van der Waals surface area contributed by atoms with Gasteiger partial charge in [0.1, 0.15) is 5.52 Å². The first kappa shape index (κ1) is 8.93. The Labute approximate surface area is 80.8 Å². The molecule has 2 aromatic rings. The van der Waals surface area contributed by atoms with Gasteiger partial charge in [0.25, 0.3) is 5.56 Å². The van der Waals surface area contributed by atoms with Gasteiger partial charge in [0.2, 0.25) is 0 Å². The molecule has 5 heteroatoms. The van der Waals surface area contributed by atoms with Crippen molar-refractivity contribution in [1.29, 1.82) is 0 Å². The van der Waals surface area contributed by atoms with E-state index in [9.17, 15) is 4.79 Å². The number of nitrogens with one attached hydrogen (secondary N) is 1. The van der Waals surface area contributed by atoms with Crippen molar-refractivity contribution in [3.8, 4) is 0 Å². The number of rotatable bonds is 2. The molecule has 5 nitrogen and oxygen atoms in total.